The van der Waals surface area contributed by atoms with Crippen LogP contribution in [0.1, 0.15) is 233 Å². The number of allylic oxidation sites excluding steroid dienone is 8. The van der Waals surface area contributed by atoms with Crippen LogP contribution in [0.4, 0.5) is 0 Å². The molecule has 6 nitrogen and oxygen atoms in total. The van der Waals surface area contributed by atoms with Crippen LogP contribution in [0.3, 0.4) is 0 Å². The first-order chi connectivity index (χ1) is 27.5. The van der Waals surface area contributed by atoms with Crippen LogP contribution in [-0.2, 0) is 14.3 Å². The molecule has 0 aromatic heterocycles. The molecule has 0 aliphatic rings. The van der Waals surface area contributed by atoms with E-state index in [-0.39, 0.29) is 24.9 Å². The molecule has 0 aliphatic carbocycles. The highest BCUT2D eigenvalue weighted by Crippen LogP contribution is 2.17. The largest absolute Gasteiger partial charge is 0.462 e. The van der Waals surface area contributed by atoms with Crippen molar-refractivity contribution in [2.75, 3.05) is 6.61 Å². The average Bonchev–Trinajstić information content (AvgIpc) is 3.19. The van der Waals surface area contributed by atoms with Crippen LogP contribution in [0.15, 0.2) is 48.6 Å². The Balaban J connectivity index is 4.45. The zero-order valence-electron chi connectivity index (χ0n) is 37.0. The van der Waals surface area contributed by atoms with E-state index in [1.807, 2.05) is 0 Å². The summed E-state index contributed by atoms with van der Waals surface area (Å²) in [7, 11) is 0. The van der Waals surface area contributed by atoms with Gasteiger partial charge in [-0.3, -0.25) is 9.59 Å². The number of amides is 1. The van der Waals surface area contributed by atoms with Crippen molar-refractivity contribution in [2.45, 2.75) is 251 Å². The number of hydrogen-bond donors (Lipinski definition) is 3. The highest BCUT2D eigenvalue weighted by atomic mass is 16.5. The predicted octanol–water partition coefficient (Wildman–Crippen LogP) is 13.9. The normalized spacial score (nSPS) is 13.7. The SMILES string of the molecule is CCC/C=C\CCCCCC(CC(=O)NC(CO)C(O)CCCCCCCCCCCC)OC(=O)CCCCCCCC/C=C\C/C=C\C/C=C\CCCCC. The Morgan fingerprint density at radius 2 is 0.946 bits per heavy atom. The number of unbranched alkanes of at least 4 members (excludes halogenated alkanes) is 22. The third kappa shape index (κ3) is 38.7. The molecule has 0 aromatic rings. The maximum Gasteiger partial charge on any atom is 0.306 e. The molecule has 0 heterocycles. The molecule has 0 fully saturated rings. The van der Waals surface area contributed by atoms with Crippen molar-refractivity contribution in [3.05, 3.63) is 48.6 Å². The van der Waals surface area contributed by atoms with E-state index >= 15 is 0 Å². The van der Waals surface area contributed by atoms with Crippen molar-refractivity contribution in [2.24, 2.45) is 0 Å². The van der Waals surface area contributed by atoms with Gasteiger partial charge in [0, 0.05) is 6.42 Å². The number of aliphatic hydroxyl groups is 2. The summed E-state index contributed by atoms with van der Waals surface area (Å²) in [5.74, 6) is -0.508. The molecule has 0 rings (SSSR count). The number of esters is 1. The van der Waals surface area contributed by atoms with Crippen molar-refractivity contribution >= 4 is 11.9 Å². The van der Waals surface area contributed by atoms with Gasteiger partial charge in [0.1, 0.15) is 6.10 Å². The van der Waals surface area contributed by atoms with E-state index in [1.165, 1.54) is 89.9 Å². The van der Waals surface area contributed by atoms with E-state index in [0.29, 0.717) is 19.3 Å². The molecule has 0 saturated carbocycles. The van der Waals surface area contributed by atoms with Crippen molar-refractivity contribution in [3.8, 4) is 0 Å². The first kappa shape index (κ1) is 53.8. The van der Waals surface area contributed by atoms with Gasteiger partial charge >= 0.3 is 5.97 Å². The third-order valence-electron chi connectivity index (χ3n) is 10.6. The van der Waals surface area contributed by atoms with Crippen LogP contribution in [0.25, 0.3) is 0 Å². The van der Waals surface area contributed by atoms with Gasteiger partial charge in [-0.25, -0.2) is 0 Å². The van der Waals surface area contributed by atoms with Crippen LogP contribution < -0.4 is 5.32 Å². The lowest BCUT2D eigenvalue weighted by Crippen LogP contribution is -2.46. The summed E-state index contributed by atoms with van der Waals surface area (Å²) in [4.78, 5) is 25.9. The topological polar surface area (TPSA) is 95.9 Å². The lowest BCUT2D eigenvalue weighted by atomic mass is 10.0. The molecule has 0 aliphatic heterocycles. The van der Waals surface area contributed by atoms with Crippen molar-refractivity contribution in [1.29, 1.82) is 0 Å². The van der Waals surface area contributed by atoms with Crippen LogP contribution in [0.5, 0.6) is 0 Å². The summed E-state index contributed by atoms with van der Waals surface area (Å²) >= 11 is 0. The van der Waals surface area contributed by atoms with E-state index in [0.717, 1.165) is 96.3 Å². The molecule has 0 aromatic carbocycles. The molecule has 3 N–H and O–H groups in total. The van der Waals surface area contributed by atoms with Gasteiger partial charge in [0.15, 0.2) is 0 Å². The van der Waals surface area contributed by atoms with Gasteiger partial charge in [0.2, 0.25) is 5.91 Å². The molecule has 0 bridgehead atoms. The van der Waals surface area contributed by atoms with Crippen molar-refractivity contribution < 1.29 is 24.5 Å². The summed E-state index contributed by atoms with van der Waals surface area (Å²) in [5, 5.41) is 23.6. The van der Waals surface area contributed by atoms with Gasteiger partial charge in [-0.15, -0.1) is 0 Å². The molecule has 0 saturated heterocycles. The van der Waals surface area contributed by atoms with Gasteiger partial charge in [0.05, 0.1) is 25.2 Å². The standard InChI is InChI=1S/C50H91NO5/c1-4-7-10-13-16-19-21-22-23-24-25-26-27-28-29-31-34-37-40-43-50(55)56-46(41-38-35-32-18-15-12-9-6-3)44-49(54)51-47(45-52)48(53)42-39-36-33-30-20-17-14-11-8-5-2/h12,15-16,19,22-23,25-26,46-48,52-53H,4-11,13-14,17-18,20-21,24,27-45H2,1-3H3,(H,51,54)/b15-12-,19-16-,23-22-,26-25-. The van der Waals surface area contributed by atoms with Gasteiger partial charge in [-0.1, -0.05) is 185 Å². The zero-order chi connectivity index (χ0) is 41.0. The van der Waals surface area contributed by atoms with E-state index < -0.39 is 18.2 Å². The molecular weight excluding hydrogens is 695 g/mol. The van der Waals surface area contributed by atoms with Crippen LogP contribution >= 0.6 is 0 Å². The number of aliphatic hydroxyl groups excluding tert-OH is 2. The quantitative estimate of drug-likeness (QED) is 0.0325. The third-order valence-corrected chi connectivity index (χ3v) is 10.6. The van der Waals surface area contributed by atoms with E-state index in [4.69, 9.17) is 4.74 Å². The molecule has 1 amide bonds. The highest BCUT2D eigenvalue weighted by Gasteiger charge is 2.24. The van der Waals surface area contributed by atoms with Gasteiger partial charge < -0.3 is 20.3 Å². The summed E-state index contributed by atoms with van der Waals surface area (Å²) in [6, 6.07) is -0.706. The predicted molar refractivity (Wildman–Crippen MR) is 241 cm³/mol. The lowest BCUT2D eigenvalue weighted by Gasteiger charge is -2.24. The Hall–Kier alpha value is -2.18. The van der Waals surface area contributed by atoms with Gasteiger partial charge in [-0.2, -0.15) is 0 Å². The fourth-order valence-corrected chi connectivity index (χ4v) is 6.97. The second-order valence-corrected chi connectivity index (χ2v) is 16.2. The first-order valence-electron chi connectivity index (χ1n) is 23.9. The number of ether oxygens (including phenoxy) is 1. The Morgan fingerprint density at radius 1 is 0.518 bits per heavy atom. The number of hydrogen-bond acceptors (Lipinski definition) is 5. The van der Waals surface area contributed by atoms with Gasteiger partial charge in [0.25, 0.3) is 0 Å². The van der Waals surface area contributed by atoms with Crippen molar-refractivity contribution in [3.63, 3.8) is 0 Å². The summed E-state index contributed by atoms with van der Waals surface area (Å²) < 4.78 is 5.88. The highest BCUT2D eigenvalue weighted by molar-refractivity contribution is 5.77. The maximum atomic E-state index is 13.1. The second kappa shape index (κ2) is 43.9. The van der Waals surface area contributed by atoms with E-state index in [2.05, 4.69) is 74.7 Å². The smallest absolute Gasteiger partial charge is 0.306 e. The second-order valence-electron chi connectivity index (χ2n) is 16.2. The Bertz CT molecular complexity index is 972. The van der Waals surface area contributed by atoms with Gasteiger partial charge in [-0.05, 0) is 83.5 Å². The first-order valence-corrected chi connectivity index (χ1v) is 23.9. The van der Waals surface area contributed by atoms with Crippen LogP contribution in [0, 0.1) is 0 Å². The minimum atomic E-state index is -0.791. The molecule has 3 atom stereocenters. The Labute approximate surface area is 346 Å². The fourth-order valence-electron chi connectivity index (χ4n) is 6.97. The molecule has 6 heteroatoms. The zero-order valence-corrected chi connectivity index (χ0v) is 37.0. The monoisotopic (exact) mass is 786 g/mol. The molecule has 56 heavy (non-hydrogen) atoms. The molecule has 326 valence electrons. The van der Waals surface area contributed by atoms with Crippen molar-refractivity contribution in [1.82, 2.24) is 5.32 Å². The molecule has 3 unspecified atom stereocenters. The Kier molecular flexibility index (Phi) is 42.2. The lowest BCUT2D eigenvalue weighted by molar-refractivity contribution is -0.151. The summed E-state index contributed by atoms with van der Waals surface area (Å²) in [6.07, 6.45) is 51.8. The number of carbonyl (C=O) groups is 2. The minimum absolute atomic E-state index is 0.0604. The Morgan fingerprint density at radius 3 is 1.52 bits per heavy atom. The van der Waals surface area contributed by atoms with Crippen LogP contribution in [-0.4, -0.2) is 46.9 Å². The number of nitrogens with one attached hydrogen (secondary N) is 1. The maximum absolute atomic E-state index is 13.1. The fraction of sp³-hybridized carbons (Fsp3) is 0.800. The number of rotatable bonds is 42. The van der Waals surface area contributed by atoms with Crippen LogP contribution in [0.2, 0.25) is 0 Å². The molecular formula is C50H91NO5. The summed E-state index contributed by atoms with van der Waals surface area (Å²) in [6.45, 7) is 6.36. The average molecular weight is 786 g/mol. The van der Waals surface area contributed by atoms with E-state index in [1.54, 1.807) is 0 Å². The minimum Gasteiger partial charge on any atom is -0.462 e. The molecule has 0 spiro atoms. The van der Waals surface area contributed by atoms with E-state index in [9.17, 15) is 19.8 Å². The number of carbonyl (C=O) groups excluding carboxylic acids is 2. The summed E-state index contributed by atoms with van der Waals surface area (Å²) in [5.41, 5.74) is 0. The molecule has 0 radical (unpaired) electrons.